The Labute approximate surface area is 174 Å². The van der Waals surface area contributed by atoms with E-state index in [-0.39, 0.29) is 5.91 Å². The van der Waals surface area contributed by atoms with E-state index in [1.807, 2.05) is 42.2 Å². The number of likely N-dealkylation sites (tertiary alicyclic amines) is 1. The predicted molar refractivity (Wildman–Crippen MR) is 112 cm³/mol. The van der Waals surface area contributed by atoms with E-state index in [9.17, 15) is 4.79 Å². The summed E-state index contributed by atoms with van der Waals surface area (Å²) in [7, 11) is 3.87. The zero-order chi connectivity index (χ0) is 20.9. The van der Waals surface area contributed by atoms with E-state index < -0.39 is 5.60 Å². The van der Waals surface area contributed by atoms with Crippen molar-refractivity contribution < 1.29 is 13.9 Å². The summed E-state index contributed by atoms with van der Waals surface area (Å²) in [6.45, 7) is 3.70. The maximum Gasteiger partial charge on any atom is 0.253 e. The van der Waals surface area contributed by atoms with Gasteiger partial charge in [0.05, 0.1) is 12.3 Å². The number of fused-ring (bicyclic) bond motifs is 3. The minimum atomic E-state index is -0.440. The molecule has 5 rings (SSSR count). The molecule has 1 amide bonds. The average molecular weight is 407 g/mol. The Morgan fingerprint density at radius 3 is 2.77 bits per heavy atom. The number of ether oxygens (including phenoxy) is 1. The molecule has 2 aromatic heterocycles. The molecule has 1 saturated heterocycles. The minimum Gasteiger partial charge on any atom is -0.441 e. The van der Waals surface area contributed by atoms with Crippen LogP contribution in [0.2, 0.25) is 0 Å². The summed E-state index contributed by atoms with van der Waals surface area (Å²) in [4.78, 5) is 30.5. The topological polar surface area (TPSA) is 84.6 Å². The van der Waals surface area contributed by atoms with Crippen LogP contribution < -0.4 is 4.90 Å². The molecule has 2 aliphatic heterocycles. The Bertz CT molecular complexity index is 1120. The van der Waals surface area contributed by atoms with Crippen LogP contribution in [-0.2, 0) is 16.8 Å². The Morgan fingerprint density at radius 2 is 2.00 bits per heavy atom. The van der Waals surface area contributed by atoms with Crippen molar-refractivity contribution in [3.8, 4) is 0 Å². The first-order valence-electron chi connectivity index (χ1n) is 10.3. The molecular weight excluding hydrogens is 382 g/mol. The number of benzene rings is 1. The van der Waals surface area contributed by atoms with Gasteiger partial charge in [-0.3, -0.25) is 4.79 Å². The van der Waals surface area contributed by atoms with Crippen LogP contribution in [0.25, 0.3) is 11.1 Å². The van der Waals surface area contributed by atoms with Crippen molar-refractivity contribution >= 4 is 23.0 Å². The zero-order valence-corrected chi connectivity index (χ0v) is 17.5. The number of carbonyl (C=O) groups is 1. The number of nitrogens with zero attached hydrogens (tertiary/aromatic N) is 5. The second kappa shape index (κ2) is 7.05. The summed E-state index contributed by atoms with van der Waals surface area (Å²) in [5.41, 5.74) is 3.73. The number of piperidine rings is 1. The molecule has 0 atom stereocenters. The van der Waals surface area contributed by atoms with Crippen LogP contribution in [0.3, 0.4) is 0 Å². The maximum absolute atomic E-state index is 13.1. The number of oxazole rings is 1. The van der Waals surface area contributed by atoms with Gasteiger partial charge >= 0.3 is 0 Å². The van der Waals surface area contributed by atoms with Gasteiger partial charge in [-0.15, -0.1) is 0 Å². The Hall–Kier alpha value is -3.00. The highest BCUT2D eigenvalue weighted by Crippen LogP contribution is 2.41. The smallest absolute Gasteiger partial charge is 0.253 e. The van der Waals surface area contributed by atoms with Gasteiger partial charge in [-0.2, -0.15) is 0 Å². The van der Waals surface area contributed by atoms with Crippen molar-refractivity contribution in [1.82, 2.24) is 19.9 Å². The zero-order valence-electron chi connectivity index (χ0n) is 17.5. The molecule has 0 bridgehead atoms. The molecule has 1 fully saturated rings. The lowest BCUT2D eigenvalue weighted by Crippen LogP contribution is -2.49. The summed E-state index contributed by atoms with van der Waals surface area (Å²) in [6, 6.07) is 5.44. The molecule has 2 aliphatic rings. The fourth-order valence-corrected chi connectivity index (χ4v) is 4.42. The number of hydrogen-bond donors (Lipinski definition) is 0. The van der Waals surface area contributed by atoms with Crippen molar-refractivity contribution in [2.24, 2.45) is 0 Å². The SMILES string of the molecule is Cc1nc2ccc(C(=O)N3CCC4(CC3)OCCc3cnc(N(C)C)nc34)cc2o1. The van der Waals surface area contributed by atoms with E-state index >= 15 is 0 Å². The second-order valence-electron chi connectivity index (χ2n) is 8.24. The Balaban J connectivity index is 1.37. The third-order valence-corrected chi connectivity index (χ3v) is 6.03. The average Bonchev–Trinajstić information content (AvgIpc) is 3.13. The standard InChI is InChI=1S/C22H25N5O3/c1-14-24-17-5-4-15(12-18(17)30-14)20(28)27-9-7-22(8-10-27)19-16(6-11-29-22)13-23-21(25-19)26(2)3/h4-5,12-13H,6-11H2,1-3H3. The van der Waals surface area contributed by atoms with Crippen LogP contribution in [0.4, 0.5) is 5.95 Å². The van der Waals surface area contributed by atoms with E-state index in [1.54, 1.807) is 13.0 Å². The van der Waals surface area contributed by atoms with Crippen molar-refractivity contribution in [2.45, 2.75) is 31.8 Å². The van der Waals surface area contributed by atoms with Gasteiger partial charge in [0.2, 0.25) is 5.95 Å². The molecule has 0 N–H and O–H groups in total. The molecule has 8 heteroatoms. The summed E-state index contributed by atoms with van der Waals surface area (Å²) in [6.07, 6.45) is 4.19. The van der Waals surface area contributed by atoms with Crippen LogP contribution in [0.1, 0.15) is 40.3 Å². The third-order valence-electron chi connectivity index (χ3n) is 6.03. The monoisotopic (exact) mass is 407 g/mol. The molecule has 3 aromatic rings. The first-order valence-corrected chi connectivity index (χ1v) is 10.3. The highest BCUT2D eigenvalue weighted by Gasteiger charge is 2.43. The summed E-state index contributed by atoms with van der Waals surface area (Å²) in [5, 5.41) is 0. The van der Waals surface area contributed by atoms with Gasteiger partial charge in [0.15, 0.2) is 11.5 Å². The molecular formula is C22H25N5O3. The van der Waals surface area contributed by atoms with Gasteiger partial charge in [0.1, 0.15) is 11.1 Å². The maximum atomic E-state index is 13.1. The first-order chi connectivity index (χ1) is 14.4. The van der Waals surface area contributed by atoms with Crippen LogP contribution in [0, 0.1) is 6.92 Å². The number of hydrogen-bond acceptors (Lipinski definition) is 7. The van der Waals surface area contributed by atoms with Crippen molar-refractivity contribution in [1.29, 1.82) is 0 Å². The molecule has 1 spiro atoms. The molecule has 0 unspecified atom stereocenters. The largest absolute Gasteiger partial charge is 0.441 e. The number of rotatable bonds is 2. The molecule has 4 heterocycles. The van der Waals surface area contributed by atoms with Gasteiger partial charge < -0.3 is 19.0 Å². The quantitative estimate of drug-likeness (QED) is 0.646. The third kappa shape index (κ3) is 3.11. The van der Waals surface area contributed by atoms with Crippen molar-refractivity contribution in [2.75, 3.05) is 38.7 Å². The van der Waals surface area contributed by atoms with Crippen LogP contribution in [0.15, 0.2) is 28.8 Å². The van der Waals surface area contributed by atoms with Crippen LogP contribution >= 0.6 is 0 Å². The lowest BCUT2D eigenvalue weighted by molar-refractivity contribution is -0.0967. The lowest BCUT2D eigenvalue weighted by Gasteiger charge is -2.44. The summed E-state index contributed by atoms with van der Waals surface area (Å²) >= 11 is 0. The molecule has 156 valence electrons. The van der Waals surface area contributed by atoms with Crippen LogP contribution in [0.5, 0.6) is 0 Å². The highest BCUT2D eigenvalue weighted by molar-refractivity contribution is 5.97. The molecule has 0 saturated carbocycles. The normalized spacial score (nSPS) is 17.9. The molecule has 0 aliphatic carbocycles. The van der Waals surface area contributed by atoms with E-state index in [1.165, 1.54) is 0 Å². The summed E-state index contributed by atoms with van der Waals surface area (Å²) in [5.74, 6) is 1.29. The Kier molecular flexibility index (Phi) is 4.47. The van der Waals surface area contributed by atoms with Gasteiger partial charge in [-0.25, -0.2) is 15.0 Å². The highest BCUT2D eigenvalue weighted by atomic mass is 16.5. The summed E-state index contributed by atoms with van der Waals surface area (Å²) < 4.78 is 11.9. The van der Waals surface area contributed by atoms with E-state index in [0.29, 0.717) is 42.7 Å². The molecule has 1 aromatic carbocycles. The number of aromatic nitrogens is 3. The second-order valence-corrected chi connectivity index (χ2v) is 8.24. The predicted octanol–water partition coefficient (Wildman–Crippen LogP) is 2.70. The minimum absolute atomic E-state index is 0.00787. The number of aryl methyl sites for hydroxylation is 1. The number of carbonyl (C=O) groups excluding carboxylic acids is 1. The number of amides is 1. The van der Waals surface area contributed by atoms with E-state index in [0.717, 1.165) is 36.0 Å². The van der Waals surface area contributed by atoms with E-state index in [2.05, 4.69) is 9.97 Å². The van der Waals surface area contributed by atoms with Gasteiger partial charge in [0.25, 0.3) is 5.91 Å². The fourth-order valence-electron chi connectivity index (χ4n) is 4.42. The molecule has 30 heavy (non-hydrogen) atoms. The lowest BCUT2D eigenvalue weighted by atomic mass is 9.83. The van der Waals surface area contributed by atoms with Gasteiger partial charge in [-0.05, 0) is 43.0 Å². The van der Waals surface area contributed by atoms with Gasteiger partial charge in [0, 0.05) is 45.9 Å². The molecule has 0 radical (unpaired) electrons. The van der Waals surface area contributed by atoms with E-state index in [4.69, 9.17) is 14.1 Å². The van der Waals surface area contributed by atoms with Crippen molar-refractivity contribution in [3.05, 3.63) is 47.1 Å². The fraction of sp³-hybridized carbons (Fsp3) is 0.455. The molecule has 8 nitrogen and oxygen atoms in total. The Morgan fingerprint density at radius 1 is 1.20 bits per heavy atom. The first kappa shape index (κ1) is 19.0. The van der Waals surface area contributed by atoms with Crippen LogP contribution in [-0.4, -0.2) is 59.6 Å². The number of anilines is 1. The van der Waals surface area contributed by atoms with Crippen molar-refractivity contribution in [3.63, 3.8) is 0 Å². The van der Waals surface area contributed by atoms with Gasteiger partial charge in [-0.1, -0.05) is 0 Å².